The summed E-state index contributed by atoms with van der Waals surface area (Å²) >= 11 is 0. The monoisotopic (exact) mass is 332 g/mol. The van der Waals surface area contributed by atoms with Crippen molar-refractivity contribution in [1.29, 1.82) is 0 Å². The van der Waals surface area contributed by atoms with Crippen LogP contribution in [0.5, 0.6) is 0 Å². The molecule has 4 rings (SSSR count). The van der Waals surface area contributed by atoms with Crippen molar-refractivity contribution < 1.29 is 26.8 Å². The lowest BCUT2D eigenvalue weighted by Gasteiger charge is -2.34. The lowest BCUT2D eigenvalue weighted by Crippen LogP contribution is -2.57. The maximum Gasteiger partial charge on any atom is 0.265 e. The number of fused-ring (bicyclic) bond motifs is 5. The molecule has 22 heavy (non-hydrogen) atoms. The smallest absolute Gasteiger partial charge is 0.265 e. The lowest BCUT2D eigenvalue weighted by atomic mass is 9.94. The number of aliphatic imine (C=N–C) groups is 1. The quantitative estimate of drug-likeness (QED) is 0.641. The van der Waals surface area contributed by atoms with Crippen molar-refractivity contribution in [3.63, 3.8) is 0 Å². The summed E-state index contributed by atoms with van der Waals surface area (Å²) in [6.07, 6.45) is 0.212. The van der Waals surface area contributed by atoms with Gasteiger partial charge in [-0.15, -0.1) is 0 Å². The first-order valence-corrected chi connectivity index (χ1v) is 9.24. The molecule has 0 spiro atoms. The first-order chi connectivity index (χ1) is 10.2. The molecule has 0 radical (unpaired) electrons. The Balaban J connectivity index is 1.81. The molecule has 8 nitrogen and oxygen atoms in total. The zero-order valence-corrected chi connectivity index (χ0v) is 13.6. The van der Waals surface area contributed by atoms with Gasteiger partial charge in [0.2, 0.25) is 5.60 Å². The van der Waals surface area contributed by atoms with Crippen LogP contribution in [0.3, 0.4) is 0 Å². The number of ether oxygens (including phenoxy) is 3. The fraction of sp³-hybridized carbons (Fsp3) is 0.923. The number of amidine groups is 1. The highest BCUT2D eigenvalue weighted by Crippen LogP contribution is 2.50. The largest absolute Gasteiger partial charge is 0.355 e. The van der Waals surface area contributed by atoms with E-state index in [2.05, 4.69) is 4.99 Å². The van der Waals surface area contributed by atoms with Crippen molar-refractivity contribution in [3.05, 3.63) is 0 Å². The highest BCUT2D eigenvalue weighted by molar-refractivity contribution is 7.86. The van der Waals surface area contributed by atoms with Gasteiger partial charge in [0.1, 0.15) is 11.9 Å². The van der Waals surface area contributed by atoms with E-state index < -0.39 is 40.0 Å². The molecule has 0 saturated carbocycles. The fourth-order valence-corrected chi connectivity index (χ4v) is 4.58. The van der Waals surface area contributed by atoms with Crippen LogP contribution in [-0.2, 0) is 28.5 Å². The molecule has 0 aliphatic carbocycles. The minimum atomic E-state index is -3.72. The number of nitrogens with zero attached hydrogens (tertiary/aromatic N) is 2. The Kier molecular flexibility index (Phi) is 2.98. The van der Waals surface area contributed by atoms with Gasteiger partial charge in [-0.25, -0.2) is 4.18 Å². The summed E-state index contributed by atoms with van der Waals surface area (Å²) in [5.74, 6) is -0.237. The van der Waals surface area contributed by atoms with Gasteiger partial charge >= 0.3 is 0 Å². The van der Waals surface area contributed by atoms with E-state index in [1.165, 1.54) is 0 Å². The molecule has 4 atom stereocenters. The van der Waals surface area contributed by atoms with Gasteiger partial charge in [0.05, 0.1) is 6.26 Å². The number of hydrogen-bond donors (Lipinski definition) is 0. The molecule has 0 N–H and O–H groups in total. The maximum absolute atomic E-state index is 11.9. The molecule has 3 saturated heterocycles. The molecule has 3 fully saturated rings. The molecule has 4 aliphatic heterocycles. The van der Waals surface area contributed by atoms with Gasteiger partial charge in [0, 0.05) is 19.6 Å². The predicted octanol–water partition coefficient (Wildman–Crippen LogP) is -0.304. The van der Waals surface area contributed by atoms with Crippen LogP contribution in [0.25, 0.3) is 0 Å². The number of rotatable bonds is 2. The van der Waals surface area contributed by atoms with E-state index in [9.17, 15) is 8.42 Å². The molecule has 0 unspecified atom stereocenters. The van der Waals surface area contributed by atoms with Crippen LogP contribution in [0.15, 0.2) is 4.99 Å². The third-order valence-corrected chi connectivity index (χ3v) is 5.01. The van der Waals surface area contributed by atoms with Gasteiger partial charge in [-0.1, -0.05) is 0 Å². The van der Waals surface area contributed by atoms with Crippen LogP contribution in [0.4, 0.5) is 0 Å². The molecule has 0 aromatic heterocycles. The normalized spacial score (nSPS) is 42.8. The molecule has 0 aromatic carbocycles. The van der Waals surface area contributed by atoms with Gasteiger partial charge in [-0.05, 0) is 20.3 Å². The molecule has 4 aliphatic rings. The Labute approximate surface area is 129 Å². The first-order valence-electron chi connectivity index (χ1n) is 7.43. The Morgan fingerprint density at radius 3 is 2.86 bits per heavy atom. The second-order valence-corrected chi connectivity index (χ2v) is 8.21. The third-order valence-electron chi connectivity index (χ3n) is 4.43. The fourth-order valence-electron chi connectivity index (χ4n) is 3.81. The van der Waals surface area contributed by atoms with E-state index in [0.717, 1.165) is 19.2 Å². The van der Waals surface area contributed by atoms with Gasteiger partial charge in [0.15, 0.2) is 18.2 Å². The summed E-state index contributed by atoms with van der Waals surface area (Å²) in [5.41, 5.74) is -1.24. The second kappa shape index (κ2) is 4.41. The maximum atomic E-state index is 11.9. The van der Waals surface area contributed by atoms with E-state index in [1.807, 2.05) is 4.90 Å². The van der Waals surface area contributed by atoms with E-state index in [0.29, 0.717) is 18.9 Å². The van der Waals surface area contributed by atoms with Crippen LogP contribution >= 0.6 is 0 Å². The molecule has 4 heterocycles. The average molecular weight is 332 g/mol. The molecular weight excluding hydrogens is 312 g/mol. The number of hydrogen-bond acceptors (Lipinski definition) is 8. The summed E-state index contributed by atoms with van der Waals surface area (Å²) in [7, 11) is -3.72. The first kappa shape index (κ1) is 14.8. The van der Waals surface area contributed by atoms with Crippen LogP contribution in [0.1, 0.15) is 20.3 Å². The SMILES string of the molecule is CC1(C)O[C@H]2O[C@@H]3CN4CCCN=C4[C@]3(OS(C)(=O)=O)[C@H]2O1. The molecule has 0 aromatic rings. The zero-order chi connectivity index (χ0) is 15.8. The summed E-state index contributed by atoms with van der Waals surface area (Å²) in [4.78, 5) is 6.57. The van der Waals surface area contributed by atoms with Crippen molar-refractivity contribution >= 4 is 16.0 Å². The van der Waals surface area contributed by atoms with Crippen LogP contribution in [-0.4, -0.2) is 74.9 Å². The minimum Gasteiger partial charge on any atom is -0.355 e. The summed E-state index contributed by atoms with van der Waals surface area (Å²) in [6.45, 7) is 5.54. The lowest BCUT2D eigenvalue weighted by molar-refractivity contribution is -0.215. The molecular formula is C13H20N2O6S. The van der Waals surface area contributed by atoms with Gasteiger partial charge in [0.25, 0.3) is 10.1 Å². The second-order valence-electron chi connectivity index (χ2n) is 6.63. The van der Waals surface area contributed by atoms with Crippen molar-refractivity contribution in [2.75, 3.05) is 25.9 Å². The van der Waals surface area contributed by atoms with Gasteiger partial charge in [-0.2, -0.15) is 8.42 Å². The average Bonchev–Trinajstić information content (AvgIpc) is 2.92. The molecule has 9 heteroatoms. The van der Waals surface area contributed by atoms with E-state index in [1.54, 1.807) is 13.8 Å². The highest BCUT2D eigenvalue weighted by Gasteiger charge is 2.72. The third kappa shape index (κ3) is 2.03. The van der Waals surface area contributed by atoms with Crippen molar-refractivity contribution in [3.8, 4) is 0 Å². The van der Waals surface area contributed by atoms with E-state index in [4.69, 9.17) is 18.4 Å². The molecule has 0 bridgehead atoms. The predicted molar refractivity (Wildman–Crippen MR) is 75.8 cm³/mol. The van der Waals surface area contributed by atoms with E-state index in [-0.39, 0.29) is 0 Å². The van der Waals surface area contributed by atoms with Crippen LogP contribution in [0, 0.1) is 0 Å². The Bertz CT molecular complexity index is 632. The van der Waals surface area contributed by atoms with Crippen molar-refractivity contribution in [2.24, 2.45) is 4.99 Å². The van der Waals surface area contributed by atoms with Crippen LogP contribution < -0.4 is 0 Å². The Hall–Kier alpha value is -0.740. The highest BCUT2D eigenvalue weighted by atomic mass is 32.2. The van der Waals surface area contributed by atoms with Crippen molar-refractivity contribution in [1.82, 2.24) is 4.90 Å². The standard InChI is InChI=1S/C13H20N2O6S/c1-12(2)19-9-10(20-12)18-8-7-15-6-4-5-14-11(15)13(8,9)21-22(3,16)17/h8-10H,4-7H2,1-3H3/t8-,9+,10-,13-/m1/s1. The summed E-state index contributed by atoms with van der Waals surface area (Å²) in [5, 5.41) is 0. The summed E-state index contributed by atoms with van der Waals surface area (Å²) < 4.78 is 47.0. The summed E-state index contributed by atoms with van der Waals surface area (Å²) in [6, 6.07) is 0. The Morgan fingerprint density at radius 2 is 2.14 bits per heavy atom. The van der Waals surface area contributed by atoms with Crippen LogP contribution in [0.2, 0.25) is 0 Å². The zero-order valence-electron chi connectivity index (χ0n) is 12.8. The minimum absolute atomic E-state index is 0.467. The molecule has 124 valence electrons. The molecule has 0 amide bonds. The van der Waals surface area contributed by atoms with Gasteiger partial charge < -0.3 is 19.1 Å². The topological polar surface area (TPSA) is 86.7 Å². The Morgan fingerprint density at radius 1 is 1.36 bits per heavy atom. The van der Waals surface area contributed by atoms with Crippen molar-refractivity contribution in [2.45, 2.75) is 50.2 Å². The van der Waals surface area contributed by atoms with E-state index >= 15 is 0 Å². The van der Waals surface area contributed by atoms with Gasteiger partial charge in [-0.3, -0.25) is 4.99 Å².